The van der Waals surface area contributed by atoms with Crippen molar-refractivity contribution in [1.82, 2.24) is 0 Å². The van der Waals surface area contributed by atoms with Crippen LogP contribution in [0.5, 0.6) is 0 Å². The van der Waals surface area contributed by atoms with Gasteiger partial charge in [-0.25, -0.2) is 0 Å². The summed E-state index contributed by atoms with van der Waals surface area (Å²) >= 11 is 0. The molecule has 1 atom stereocenters. The zero-order chi connectivity index (χ0) is 57.1. The SMILES string of the molecule is CC/C=C\C/C=C\C/C=C\C/C=C\C/C=C\C/C=C\CCCCCCCCCCC(=O)OCC(COC(=O)CCCCCCCCC/C=C\CCCCCCCC)OC(=O)CCCCCCCCC/C=C\C/C=C\C/C=C\CC. The van der Waals surface area contributed by atoms with Gasteiger partial charge in [0.15, 0.2) is 6.10 Å². The fraction of sp³-hybridized carbons (Fsp3) is 0.685. The summed E-state index contributed by atoms with van der Waals surface area (Å²) in [4.78, 5) is 38.4. The van der Waals surface area contributed by atoms with Crippen molar-refractivity contribution in [3.8, 4) is 0 Å². The molecule has 0 N–H and O–H groups in total. The fourth-order valence-corrected chi connectivity index (χ4v) is 9.04. The van der Waals surface area contributed by atoms with Gasteiger partial charge in [0.1, 0.15) is 13.2 Å². The Morgan fingerprint density at radius 3 is 0.785 bits per heavy atom. The predicted octanol–water partition coefficient (Wildman–Crippen LogP) is 22.8. The van der Waals surface area contributed by atoms with Crippen molar-refractivity contribution < 1.29 is 28.6 Å². The van der Waals surface area contributed by atoms with E-state index < -0.39 is 6.10 Å². The van der Waals surface area contributed by atoms with Gasteiger partial charge in [-0.2, -0.15) is 0 Å². The first kappa shape index (κ1) is 74.8. The van der Waals surface area contributed by atoms with Crippen molar-refractivity contribution in [2.24, 2.45) is 0 Å². The van der Waals surface area contributed by atoms with Crippen LogP contribution in [-0.4, -0.2) is 37.2 Å². The molecule has 0 bridgehead atoms. The molecule has 0 aliphatic rings. The van der Waals surface area contributed by atoms with E-state index in [2.05, 4.69) is 142 Å². The lowest BCUT2D eigenvalue weighted by Crippen LogP contribution is -2.30. The van der Waals surface area contributed by atoms with Crippen LogP contribution in [0.25, 0.3) is 0 Å². The van der Waals surface area contributed by atoms with E-state index in [0.717, 1.165) is 128 Å². The molecule has 0 aromatic heterocycles. The molecule has 0 aliphatic carbocycles. The van der Waals surface area contributed by atoms with Crippen molar-refractivity contribution in [2.45, 2.75) is 309 Å². The molecule has 0 aliphatic heterocycles. The zero-order valence-electron chi connectivity index (χ0n) is 51.6. The van der Waals surface area contributed by atoms with Crippen molar-refractivity contribution in [2.75, 3.05) is 13.2 Å². The second kappa shape index (κ2) is 66.3. The van der Waals surface area contributed by atoms with Gasteiger partial charge in [0.2, 0.25) is 0 Å². The molecule has 79 heavy (non-hydrogen) atoms. The van der Waals surface area contributed by atoms with Gasteiger partial charge in [-0.3, -0.25) is 14.4 Å². The Bertz CT molecular complexity index is 1640. The number of hydrogen-bond donors (Lipinski definition) is 0. The van der Waals surface area contributed by atoms with Gasteiger partial charge in [0, 0.05) is 19.3 Å². The number of unbranched alkanes of at least 4 members (excludes halogenated alkanes) is 28. The van der Waals surface area contributed by atoms with Crippen LogP contribution in [-0.2, 0) is 28.6 Å². The first-order valence-corrected chi connectivity index (χ1v) is 33.0. The molecule has 450 valence electrons. The Kier molecular flexibility index (Phi) is 62.8. The van der Waals surface area contributed by atoms with Gasteiger partial charge in [-0.05, 0) is 128 Å². The molecule has 0 heterocycles. The quantitative estimate of drug-likeness (QED) is 0.0261. The number of allylic oxidation sites excluding steroid dienone is 20. The molecule has 1 unspecified atom stereocenters. The lowest BCUT2D eigenvalue weighted by Gasteiger charge is -2.18. The van der Waals surface area contributed by atoms with Crippen LogP contribution < -0.4 is 0 Å². The van der Waals surface area contributed by atoms with Crippen LogP contribution in [0, 0.1) is 0 Å². The number of esters is 3. The second-order valence-electron chi connectivity index (χ2n) is 21.6. The van der Waals surface area contributed by atoms with Crippen molar-refractivity contribution in [3.05, 3.63) is 122 Å². The fourth-order valence-electron chi connectivity index (χ4n) is 9.04. The Hall–Kier alpha value is -4.19. The lowest BCUT2D eigenvalue weighted by molar-refractivity contribution is -0.167. The van der Waals surface area contributed by atoms with E-state index in [1.54, 1.807) is 0 Å². The van der Waals surface area contributed by atoms with Crippen molar-refractivity contribution in [1.29, 1.82) is 0 Å². The number of hydrogen-bond acceptors (Lipinski definition) is 6. The minimum Gasteiger partial charge on any atom is -0.462 e. The minimum absolute atomic E-state index is 0.0881. The summed E-state index contributed by atoms with van der Waals surface area (Å²) in [5.41, 5.74) is 0. The number of ether oxygens (including phenoxy) is 3. The molecule has 6 nitrogen and oxygen atoms in total. The highest BCUT2D eigenvalue weighted by Crippen LogP contribution is 2.16. The third-order valence-electron chi connectivity index (χ3n) is 13.9. The molecule has 0 aromatic rings. The second-order valence-corrected chi connectivity index (χ2v) is 21.6. The molecule has 0 fully saturated rings. The molecule has 0 spiro atoms. The lowest BCUT2D eigenvalue weighted by atomic mass is 10.1. The van der Waals surface area contributed by atoms with Gasteiger partial charge in [-0.15, -0.1) is 0 Å². The first-order valence-electron chi connectivity index (χ1n) is 33.0. The van der Waals surface area contributed by atoms with E-state index in [-0.39, 0.29) is 31.1 Å². The van der Waals surface area contributed by atoms with E-state index >= 15 is 0 Å². The van der Waals surface area contributed by atoms with E-state index in [1.165, 1.54) is 135 Å². The van der Waals surface area contributed by atoms with Crippen molar-refractivity contribution >= 4 is 17.9 Å². The highest BCUT2D eigenvalue weighted by Gasteiger charge is 2.19. The normalized spacial score (nSPS) is 12.9. The van der Waals surface area contributed by atoms with Gasteiger partial charge >= 0.3 is 17.9 Å². The van der Waals surface area contributed by atoms with Gasteiger partial charge < -0.3 is 14.2 Å². The topological polar surface area (TPSA) is 78.9 Å². The molecule has 6 heteroatoms. The van der Waals surface area contributed by atoms with E-state index in [4.69, 9.17) is 14.2 Å². The highest BCUT2D eigenvalue weighted by molar-refractivity contribution is 5.71. The molecular formula is C73H122O6. The molecule has 0 saturated carbocycles. The third kappa shape index (κ3) is 64.5. The van der Waals surface area contributed by atoms with Gasteiger partial charge in [0.05, 0.1) is 0 Å². The Labute approximate surface area is 488 Å². The molecule has 0 saturated heterocycles. The maximum Gasteiger partial charge on any atom is 0.306 e. The minimum atomic E-state index is -0.793. The standard InChI is InChI=1S/C73H122O6/c1-4-7-10-13-16-19-22-25-28-31-32-33-34-35-36-37-38-39-40-43-45-48-51-54-57-60-63-66-72(75)78-69-70(79-73(76)67-64-61-58-55-52-49-46-42-30-27-24-21-18-15-12-9-6-3)68-77-71(74)65-62-59-56-53-50-47-44-41-29-26-23-20-17-14-11-8-5-2/h7,9-10,12,16,18-19,21,25-30,32-33,35-36,38-39,70H,4-6,8,11,13-15,17,20,22-24,31,34,37,40-69H2,1-3H3/b10-7-,12-9-,19-16-,21-18-,28-25-,29-26-,30-27-,33-32-,36-35-,39-38-. The molecule has 0 radical (unpaired) electrons. The van der Waals surface area contributed by atoms with Crippen LogP contribution >= 0.6 is 0 Å². The Morgan fingerprint density at radius 1 is 0.266 bits per heavy atom. The predicted molar refractivity (Wildman–Crippen MR) is 343 cm³/mol. The van der Waals surface area contributed by atoms with Crippen molar-refractivity contribution in [3.63, 3.8) is 0 Å². The Morgan fingerprint density at radius 2 is 0.494 bits per heavy atom. The van der Waals surface area contributed by atoms with Crippen LogP contribution in [0.2, 0.25) is 0 Å². The van der Waals surface area contributed by atoms with E-state index in [0.29, 0.717) is 19.3 Å². The van der Waals surface area contributed by atoms with Crippen LogP contribution in [0.4, 0.5) is 0 Å². The van der Waals surface area contributed by atoms with E-state index in [9.17, 15) is 14.4 Å². The summed E-state index contributed by atoms with van der Waals surface area (Å²) in [6, 6.07) is 0. The first-order chi connectivity index (χ1) is 39.0. The maximum absolute atomic E-state index is 12.9. The van der Waals surface area contributed by atoms with Gasteiger partial charge in [0.25, 0.3) is 0 Å². The molecule has 0 rings (SSSR count). The molecular weight excluding hydrogens is 973 g/mol. The largest absolute Gasteiger partial charge is 0.462 e. The van der Waals surface area contributed by atoms with Gasteiger partial charge in [-0.1, -0.05) is 277 Å². The average molecular weight is 1100 g/mol. The molecule has 0 amide bonds. The molecule has 0 aromatic carbocycles. The summed E-state index contributed by atoms with van der Waals surface area (Å²) in [7, 11) is 0. The van der Waals surface area contributed by atoms with E-state index in [1.807, 2.05) is 0 Å². The maximum atomic E-state index is 12.9. The summed E-state index contributed by atoms with van der Waals surface area (Å²) in [5, 5.41) is 0. The monoisotopic (exact) mass is 1090 g/mol. The summed E-state index contributed by atoms with van der Waals surface area (Å²) in [6.07, 6.45) is 92.0. The Balaban J connectivity index is 4.38. The van der Waals surface area contributed by atoms with Crippen LogP contribution in [0.3, 0.4) is 0 Å². The zero-order valence-corrected chi connectivity index (χ0v) is 51.6. The highest BCUT2D eigenvalue weighted by atomic mass is 16.6. The average Bonchev–Trinajstić information content (AvgIpc) is 3.45. The summed E-state index contributed by atoms with van der Waals surface area (Å²) in [5.74, 6) is -0.904. The smallest absolute Gasteiger partial charge is 0.306 e. The number of carbonyl (C=O) groups is 3. The summed E-state index contributed by atoms with van der Waals surface area (Å²) < 4.78 is 16.9. The number of carbonyl (C=O) groups excluding carboxylic acids is 3. The summed E-state index contributed by atoms with van der Waals surface area (Å²) in [6.45, 7) is 6.41. The van der Waals surface area contributed by atoms with Crippen LogP contribution in [0.15, 0.2) is 122 Å². The van der Waals surface area contributed by atoms with Crippen LogP contribution in [0.1, 0.15) is 303 Å². The number of rotatable bonds is 59. The third-order valence-corrected chi connectivity index (χ3v) is 13.9.